The largest absolute Gasteiger partial charge is 0.339 e. The first-order valence-corrected chi connectivity index (χ1v) is 9.08. The van der Waals surface area contributed by atoms with E-state index in [0.717, 1.165) is 16.7 Å². The predicted molar refractivity (Wildman–Crippen MR) is 112 cm³/mol. The normalized spacial score (nSPS) is 10.7. The van der Waals surface area contributed by atoms with Gasteiger partial charge < -0.3 is 4.90 Å². The lowest BCUT2D eigenvalue weighted by atomic mass is 9.97. The van der Waals surface area contributed by atoms with Gasteiger partial charge in [0.15, 0.2) is 0 Å². The highest BCUT2D eigenvalue weighted by molar-refractivity contribution is 5.84. The predicted octanol–water partition coefficient (Wildman–Crippen LogP) is 7.07. The van der Waals surface area contributed by atoms with Gasteiger partial charge in [0.2, 0.25) is 0 Å². The van der Waals surface area contributed by atoms with E-state index in [1.165, 1.54) is 12.1 Å². The van der Waals surface area contributed by atoms with Gasteiger partial charge in [-0.25, -0.2) is 8.78 Å². The van der Waals surface area contributed by atoms with Gasteiger partial charge in [0.05, 0.1) is 11.4 Å². The summed E-state index contributed by atoms with van der Waals surface area (Å²) in [5, 5.41) is 0. The number of benzene rings is 4. The van der Waals surface area contributed by atoms with Crippen LogP contribution in [0.1, 0.15) is 0 Å². The number of nitrogens with zero attached hydrogens (tertiary/aromatic N) is 1. The molecule has 0 aliphatic rings. The van der Waals surface area contributed by atoms with Crippen LogP contribution < -0.4 is 4.90 Å². The summed E-state index contributed by atoms with van der Waals surface area (Å²) in [5.41, 5.74) is 4.39. The summed E-state index contributed by atoms with van der Waals surface area (Å²) in [6, 6.07) is 29.3. The second-order valence-electron chi connectivity index (χ2n) is 6.59. The van der Waals surface area contributed by atoms with Gasteiger partial charge in [0.25, 0.3) is 0 Å². The topological polar surface area (TPSA) is 3.24 Å². The lowest BCUT2D eigenvalue weighted by Gasteiger charge is -2.24. The first-order chi connectivity index (χ1) is 13.6. The van der Waals surface area contributed by atoms with Crippen LogP contribution in [0.2, 0.25) is 0 Å². The lowest BCUT2D eigenvalue weighted by molar-refractivity contribution is 0.618. The number of hydrogen-bond donors (Lipinski definition) is 0. The second-order valence-corrected chi connectivity index (χ2v) is 6.59. The van der Waals surface area contributed by atoms with Crippen LogP contribution in [-0.2, 0) is 0 Å². The van der Waals surface area contributed by atoms with Gasteiger partial charge in [0.1, 0.15) is 11.6 Å². The molecule has 138 valence electrons. The Bertz CT molecular complexity index is 1110. The number of hydrogen-bond acceptors (Lipinski definition) is 1. The van der Waals surface area contributed by atoms with Crippen molar-refractivity contribution in [3.8, 4) is 22.3 Å². The molecule has 0 heterocycles. The van der Waals surface area contributed by atoms with Crippen molar-refractivity contribution in [2.45, 2.75) is 0 Å². The minimum absolute atomic E-state index is 0.327. The summed E-state index contributed by atoms with van der Waals surface area (Å²) in [6.45, 7) is 0. The van der Waals surface area contributed by atoms with Crippen molar-refractivity contribution in [3.63, 3.8) is 0 Å². The Morgan fingerprint density at radius 3 is 1.96 bits per heavy atom. The molecule has 0 N–H and O–H groups in total. The Kier molecular flexibility index (Phi) is 4.90. The van der Waals surface area contributed by atoms with Gasteiger partial charge in [-0.15, -0.1) is 0 Å². The first-order valence-electron chi connectivity index (χ1n) is 9.08. The van der Waals surface area contributed by atoms with E-state index >= 15 is 0 Å². The molecule has 0 aliphatic heterocycles. The minimum atomic E-state index is -0.395. The molecule has 4 aromatic rings. The average Bonchev–Trinajstić information content (AvgIpc) is 2.74. The Balaban J connectivity index is 1.84. The fourth-order valence-electron chi connectivity index (χ4n) is 3.43. The van der Waals surface area contributed by atoms with Gasteiger partial charge in [-0.2, -0.15) is 0 Å². The first kappa shape index (κ1) is 17.9. The van der Waals surface area contributed by atoms with Gasteiger partial charge in [0, 0.05) is 12.6 Å². The highest BCUT2D eigenvalue weighted by Gasteiger charge is 2.18. The number of para-hydroxylation sites is 2. The van der Waals surface area contributed by atoms with Gasteiger partial charge in [-0.1, -0.05) is 72.8 Å². The van der Waals surface area contributed by atoms with Crippen molar-refractivity contribution in [1.82, 2.24) is 0 Å². The van der Waals surface area contributed by atoms with Crippen LogP contribution in [0.4, 0.5) is 20.2 Å². The van der Waals surface area contributed by atoms with Crippen LogP contribution >= 0.6 is 0 Å². The number of halogens is 2. The van der Waals surface area contributed by atoms with Crippen LogP contribution in [0.5, 0.6) is 0 Å². The van der Waals surface area contributed by atoms with Crippen LogP contribution in [0.25, 0.3) is 22.3 Å². The van der Waals surface area contributed by atoms with Crippen LogP contribution in [0, 0.1) is 11.6 Å². The molecular weight excluding hydrogens is 352 g/mol. The molecule has 28 heavy (non-hydrogen) atoms. The second kappa shape index (κ2) is 7.65. The summed E-state index contributed by atoms with van der Waals surface area (Å²) in [5.74, 6) is -0.786. The van der Waals surface area contributed by atoms with Crippen molar-refractivity contribution < 1.29 is 8.78 Å². The summed E-state index contributed by atoms with van der Waals surface area (Å²) < 4.78 is 29.2. The molecule has 1 nitrogen and oxygen atoms in total. The van der Waals surface area contributed by atoms with Crippen LogP contribution in [-0.4, -0.2) is 7.05 Å². The Morgan fingerprint density at radius 2 is 1.18 bits per heavy atom. The van der Waals surface area contributed by atoms with E-state index in [-0.39, 0.29) is 0 Å². The third-order valence-corrected chi connectivity index (χ3v) is 4.82. The van der Waals surface area contributed by atoms with Crippen LogP contribution in [0.15, 0.2) is 97.1 Å². The molecule has 0 radical (unpaired) electrons. The highest BCUT2D eigenvalue weighted by Crippen LogP contribution is 2.38. The molecule has 0 bridgehead atoms. The smallest absolute Gasteiger partial charge is 0.147 e. The Morgan fingerprint density at radius 1 is 0.571 bits per heavy atom. The maximum Gasteiger partial charge on any atom is 0.147 e. The fourth-order valence-corrected chi connectivity index (χ4v) is 3.43. The molecule has 0 aromatic heterocycles. The zero-order chi connectivity index (χ0) is 19.5. The minimum Gasteiger partial charge on any atom is -0.339 e. The van der Waals surface area contributed by atoms with Gasteiger partial charge in [-0.3, -0.25) is 0 Å². The molecule has 0 amide bonds. The Labute approximate surface area is 163 Å². The average molecular weight is 371 g/mol. The zero-order valence-electron chi connectivity index (χ0n) is 15.4. The van der Waals surface area contributed by atoms with E-state index in [2.05, 4.69) is 0 Å². The molecule has 4 aromatic carbocycles. The molecule has 4 rings (SSSR count). The third-order valence-electron chi connectivity index (χ3n) is 4.82. The molecule has 0 aliphatic carbocycles. The van der Waals surface area contributed by atoms with Crippen molar-refractivity contribution >= 4 is 11.4 Å². The molecule has 0 spiro atoms. The van der Waals surface area contributed by atoms with E-state index in [1.807, 2.05) is 60.7 Å². The number of rotatable bonds is 4. The maximum atomic E-state index is 14.9. The van der Waals surface area contributed by atoms with Crippen molar-refractivity contribution in [2.24, 2.45) is 0 Å². The molecule has 3 heteroatoms. The van der Waals surface area contributed by atoms with Crippen molar-refractivity contribution in [3.05, 3.63) is 109 Å². The zero-order valence-corrected chi connectivity index (χ0v) is 15.4. The van der Waals surface area contributed by atoms with Gasteiger partial charge in [-0.05, 0) is 41.0 Å². The quantitative estimate of drug-likeness (QED) is 0.371. The van der Waals surface area contributed by atoms with Crippen LogP contribution in [0.3, 0.4) is 0 Å². The highest BCUT2D eigenvalue weighted by atomic mass is 19.1. The van der Waals surface area contributed by atoms with E-state index in [4.69, 9.17) is 0 Å². The van der Waals surface area contributed by atoms with Gasteiger partial charge >= 0.3 is 0 Å². The van der Waals surface area contributed by atoms with E-state index in [0.29, 0.717) is 16.9 Å². The summed E-state index contributed by atoms with van der Waals surface area (Å²) in [4.78, 5) is 1.56. The Hall–Kier alpha value is -3.46. The fraction of sp³-hybridized carbons (Fsp3) is 0.0400. The monoisotopic (exact) mass is 371 g/mol. The van der Waals surface area contributed by atoms with E-state index < -0.39 is 11.6 Å². The van der Waals surface area contributed by atoms with E-state index in [1.54, 1.807) is 36.2 Å². The molecular formula is C25H19F2N. The summed E-state index contributed by atoms with van der Waals surface area (Å²) >= 11 is 0. The van der Waals surface area contributed by atoms with Crippen molar-refractivity contribution in [1.29, 1.82) is 0 Å². The molecule has 0 fully saturated rings. The number of anilines is 2. The SMILES string of the molecule is CN(c1ccccc1F)c1c(F)cccc1-c1cccc(-c2ccccc2)c1. The molecule has 0 atom stereocenters. The van der Waals surface area contributed by atoms with Crippen molar-refractivity contribution in [2.75, 3.05) is 11.9 Å². The molecule has 0 saturated carbocycles. The third kappa shape index (κ3) is 3.39. The summed E-state index contributed by atoms with van der Waals surface area (Å²) in [7, 11) is 1.68. The maximum absolute atomic E-state index is 14.9. The summed E-state index contributed by atoms with van der Waals surface area (Å²) in [6.07, 6.45) is 0. The standard InChI is InChI=1S/C25H19F2N/c1-28(24-16-6-5-14-22(24)26)25-21(13-8-15-23(25)27)20-12-7-11-19(17-20)18-9-3-2-4-10-18/h2-17H,1H3. The molecule has 0 saturated heterocycles. The van der Waals surface area contributed by atoms with E-state index in [9.17, 15) is 8.78 Å². The molecule has 0 unspecified atom stereocenters. The lowest BCUT2D eigenvalue weighted by Crippen LogP contribution is -2.14.